The molecule has 3 N–H and O–H groups in total. The molecule has 5 heteroatoms. The molecule has 5 nitrogen and oxygen atoms in total. The van der Waals surface area contributed by atoms with Gasteiger partial charge in [0, 0.05) is 19.6 Å². The van der Waals surface area contributed by atoms with E-state index in [2.05, 4.69) is 31.0 Å². The number of primary amides is 1. The second-order valence-electron chi connectivity index (χ2n) is 5.46. The summed E-state index contributed by atoms with van der Waals surface area (Å²) in [6.45, 7) is 8.95. The van der Waals surface area contributed by atoms with Crippen LogP contribution >= 0.6 is 0 Å². The minimum Gasteiger partial charge on any atom is -0.370 e. The molecule has 1 saturated heterocycles. The molecule has 0 aromatic carbocycles. The highest BCUT2D eigenvalue weighted by Crippen LogP contribution is 2.20. The number of likely N-dealkylation sites (N-methyl/N-ethyl adjacent to an activating group) is 1. The number of nitrogens with two attached hydrogens (primary N) is 1. The summed E-state index contributed by atoms with van der Waals surface area (Å²) in [4.78, 5) is 13.4. The van der Waals surface area contributed by atoms with Crippen LogP contribution < -0.4 is 11.1 Å². The van der Waals surface area contributed by atoms with E-state index in [1.54, 1.807) is 7.05 Å². The number of rotatable bonds is 5. The smallest absolute Gasteiger partial charge is 0.234 e. The quantitative estimate of drug-likeness (QED) is 0.710. The van der Waals surface area contributed by atoms with Gasteiger partial charge in [-0.2, -0.15) is 0 Å². The number of nitrogens with one attached hydrogen (secondary N) is 1. The molecule has 0 aliphatic carbocycles. The number of nitrogens with zero attached hydrogens (tertiary/aromatic N) is 1. The van der Waals surface area contributed by atoms with Crippen molar-refractivity contribution in [1.82, 2.24) is 10.2 Å². The van der Waals surface area contributed by atoms with Crippen molar-refractivity contribution >= 4 is 5.91 Å². The van der Waals surface area contributed by atoms with Crippen LogP contribution in [-0.4, -0.2) is 55.2 Å². The van der Waals surface area contributed by atoms with Gasteiger partial charge in [0.05, 0.1) is 17.7 Å². The van der Waals surface area contributed by atoms with Gasteiger partial charge in [0.25, 0.3) is 0 Å². The van der Waals surface area contributed by atoms with Gasteiger partial charge in [0.2, 0.25) is 5.91 Å². The Labute approximate surface area is 104 Å². The summed E-state index contributed by atoms with van der Waals surface area (Å²) < 4.78 is 5.84. The van der Waals surface area contributed by atoms with Crippen LogP contribution in [0.3, 0.4) is 0 Å². The Kier molecular flexibility index (Phi) is 4.91. The number of morpholine rings is 1. The van der Waals surface area contributed by atoms with Crippen LogP contribution in [-0.2, 0) is 9.53 Å². The van der Waals surface area contributed by atoms with Gasteiger partial charge in [-0.05, 0) is 34.2 Å². The lowest BCUT2D eigenvalue weighted by Crippen LogP contribution is -2.53. The third-order valence-electron chi connectivity index (χ3n) is 3.07. The molecule has 2 atom stereocenters. The molecule has 0 aromatic rings. The monoisotopic (exact) mass is 243 g/mol. The van der Waals surface area contributed by atoms with Crippen LogP contribution in [0.15, 0.2) is 0 Å². The van der Waals surface area contributed by atoms with Crippen LogP contribution in [0, 0.1) is 0 Å². The average molecular weight is 243 g/mol. The molecule has 1 aliphatic rings. The van der Waals surface area contributed by atoms with Crippen molar-refractivity contribution < 1.29 is 9.53 Å². The van der Waals surface area contributed by atoms with E-state index in [4.69, 9.17) is 10.5 Å². The fourth-order valence-electron chi connectivity index (χ4n) is 2.50. The van der Waals surface area contributed by atoms with Crippen molar-refractivity contribution in [2.24, 2.45) is 5.73 Å². The van der Waals surface area contributed by atoms with Gasteiger partial charge in [0.15, 0.2) is 0 Å². The highest BCUT2D eigenvalue weighted by Gasteiger charge is 2.31. The molecule has 0 spiro atoms. The third kappa shape index (κ3) is 4.61. The summed E-state index contributed by atoms with van der Waals surface area (Å²) in [5, 5.41) is 2.94. The first-order chi connectivity index (χ1) is 7.84. The van der Waals surface area contributed by atoms with Crippen molar-refractivity contribution in [3.8, 4) is 0 Å². The van der Waals surface area contributed by atoms with E-state index >= 15 is 0 Å². The van der Waals surface area contributed by atoms with Gasteiger partial charge in [0.1, 0.15) is 0 Å². The van der Waals surface area contributed by atoms with E-state index in [0.29, 0.717) is 0 Å². The van der Waals surface area contributed by atoms with Gasteiger partial charge in [-0.25, -0.2) is 0 Å². The van der Waals surface area contributed by atoms with Crippen molar-refractivity contribution in [1.29, 1.82) is 0 Å². The van der Waals surface area contributed by atoms with Crippen LogP contribution in [0.4, 0.5) is 0 Å². The molecule has 1 rings (SSSR count). The van der Waals surface area contributed by atoms with E-state index in [9.17, 15) is 4.79 Å². The Balaban J connectivity index is 2.43. The standard InChI is InChI=1S/C12H25N3O2/c1-9-7-15(8-12(2,3)17-9)6-5-10(14-4)11(13)16/h9-10,14H,5-8H2,1-4H3,(H2,13,16). The molecular weight excluding hydrogens is 218 g/mol. The van der Waals surface area contributed by atoms with Crippen molar-refractivity contribution in [3.63, 3.8) is 0 Å². The van der Waals surface area contributed by atoms with Crippen LogP contribution in [0.2, 0.25) is 0 Å². The maximum atomic E-state index is 11.1. The number of hydrogen-bond acceptors (Lipinski definition) is 4. The molecule has 1 heterocycles. The van der Waals surface area contributed by atoms with Crippen LogP contribution in [0.5, 0.6) is 0 Å². The van der Waals surface area contributed by atoms with Crippen molar-refractivity contribution in [2.45, 2.75) is 44.9 Å². The number of amides is 1. The molecule has 17 heavy (non-hydrogen) atoms. The number of carbonyl (C=O) groups excluding carboxylic acids is 1. The normalized spacial score (nSPS) is 26.7. The Morgan fingerprint density at radius 2 is 2.29 bits per heavy atom. The second kappa shape index (κ2) is 5.80. The predicted octanol–water partition coefficient (Wildman–Crippen LogP) is -0.0509. The van der Waals surface area contributed by atoms with Gasteiger partial charge in [-0.15, -0.1) is 0 Å². The van der Waals surface area contributed by atoms with Gasteiger partial charge < -0.3 is 15.8 Å². The summed E-state index contributed by atoms with van der Waals surface area (Å²) >= 11 is 0. The Morgan fingerprint density at radius 3 is 2.76 bits per heavy atom. The van der Waals surface area contributed by atoms with Crippen LogP contribution in [0.1, 0.15) is 27.2 Å². The Morgan fingerprint density at radius 1 is 1.65 bits per heavy atom. The first kappa shape index (κ1) is 14.4. The molecule has 2 unspecified atom stereocenters. The zero-order valence-corrected chi connectivity index (χ0v) is 11.3. The fraction of sp³-hybridized carbons (Fsp3) is 0.917. The van der Waals surface area contributed by atoms with Crippen molar-refractivity contribution in [2.75, 3.05) is 26.7 Å². The molecule has 1 amide bonds. The number of ether oxygens (including phenoxy) is 1. The lowest BCUT2D eigenvalue weighted by Gasteiger charge is -2.42. The highest BCUT2D eigenvalue weighted by atomic mass is 16.5. The lowest BCUT2D eigenvalue weighted by molar-refractivity contribution is -0.130. The fourth-order valence-corrected chi connectivity index (χ4v) is 2.50. The lowest BCUT2D eigenvalue weighted by atomic mass is 10.0. The van der Waals surface area contributed by atoms with Gasteiger partial charge in [-0.1, -0.05) is 0 Å². The van der Waals surface area contributed by atoms with E-state index in [1.165, 1.54) is 0 Å². The molecule has 0 radical (unpaired) electrons. The first-order valence-electron chi connectivity index (χ1n) is 6.21. The topological polar surface area (TPSA) is 67.6 Å². The number of carbonyl (C=O) groups is 1. The van der Waals surface area contributed by atoms with E-state index < -0.39 is 0 Å². The molecule has 0 bridgehead atoms. The maximum absolute atomic E-state index is 11.1. The minimum atomic E-state index is -0.284. The molecule has 1 fully saturated rings. The van der Waals surface area contributed by atoms with E-state index in [0.717, 1.165) is 26.1 Å². The third-order valence-corrected chi connectivity index (χ3v) is 3.07. The summed E-state index contributed by atoms with van der Waals surface area (Å²) in [5.74, 6) is -0.284. The molecular formula is C12H25N3O2. The van der Waals surface area contributed by atoms with E-state index in [-0.39, 0.29) is 23.7 Å². The maximum Gasteiger partial charge on any atom is 0.234 e. The molecule has 0 aromatic heterocycles. The predicted molar refractivity (Wildman–Crippen MR) is 67.7 cm³/mol. The highest BCUT2D eigenvalue weighted by molar-refractivity contribution is 5.79. The summed E-state index contributed by atoms with van der Waals surface area (Å²) in [6.07, 6.45) is 0.981. The zero-order valence-electron chi connectivity index (χ0n) is 11.3. The second-order valence-corrected chi connectivity index (χ2v) is 5.46. The van der Waals surface area contributed by atoms with Gasteiger partial charge in [-0.3, -0.25) is 9.69 Å². The Hall–Kier alpha value is -0.650. The molecule has 0 saturated carbocycles. The average Bonchev–Trinajstić information content (AvgIpc) is 2.14. The minimum absolute atomic E-state index is 0.112. The summed E-state index contributed by atoms with van der Waals surface area (Å²) in [7, 11) is 1.77. The SMILES string of the molecule is CNC(CCN1CC(C)OC(C)(C)C1)C(N)=O. The van der Waals surface area contributed by atoms with Crippen LogP contribution in [0.25, 0.3) is 0 Å². The molecule has 100 valence electrons. The number of hydrogen-bond donors (Lipinski definition) is 2. The zero-order chi connectivity index (χ0) is 13.1. The summed E-state index contributed by atoms with van der Waals surface area (Å²) in [5.41, 5.74) is 5.19. The largest absolute Gasteiger partial charge is 0.370 e. The Bertz CT molecular complexity index is 268. The molecule has 1 aliphatic heterocycles. The van der Waals surface area contributed by atoms with E-state index in [1.807, 2.05) is 0 Å². The first-order valence-corrected chi connectivity index (χ1v) is 6.21. The van der Waals surface area contributed by atoms with Crippen molar-refractivity contribution in [3.05, 3.63) is 0 Å². The van der Waals surface area contributed by atoms with Gasteiger partial charge >= 0.3 is 0 Å². The summed E-state index contributed by atoms with van der Waals surface area (Å²) in [6, 6.07) is -0.240.